The molecule has 1 saturated heterocycles. The van der Waals surface area contributed by atoms with Gasteiger partial charge in [0.25, 0.3) is 5.69 Å². The van der Waals surface area contributed by atoms with Gasteiger partial charge in [-0.15, -0.1) is 0 Å². The second kappa shape index (κ2) is 7.86. The largest absolute Gasteiger partial charge is 0.488 e. The molecule has 1 aliphatic rings. The zero-order valence-corrected chi connectivity index (χ0v) is 15.2. The number of amides is 1. The molecule has 1 aliphatic heterocycles. The van der Waals surface area contributed by atoms with Gasteiger partial charge in [-0.05, 0) is 20.8 Å². The van der Waals surface area contributed by atoms with Crippen LogP contribution in [0.25, 0.3) is 0 Å². The smallest absolute Gasteiger partial charge is 0.410 e. The van der Waals surface area contributed by atoms with Crippen LogP contribution >= 0.6 is 0 Å². The number of likely N-dealkylation sites (tertiary alicyclic amines) is 1. The molecule has 2 unspecified atom stereocenters. The maximum Gasteiger partial charge on any atom is 0.410 e. The fourth-order valence-electron chi connectivity index (χ4n) is 2.77. The van der Waals surface area contributed by atoms with Crippen molar-refractivity contribution in [3.8, 4) is 5.75 Å². The number of nitro benzene ring substituents is 1. The summed E-state index contributed by atoms with van der Waals surface area (Å²) in [7, 11) is 1.53. The minimum atomic E-state index is -0.760. The molecule has 0 saturated carbocycles. The Kier molecular flexibility index (Phi) is 6.01. The molecule has 26 heavy (non-hydrogen) atoms. The van der Waals surface area contributed by atoms with Crippen molar-refractivity contribution in [3.05, 3.63) is 34.1 Å². The minimum Gasteiger partial charge on any atom is -0.488 e. The predicted octanol–water partition coefficient (Wildman–Crippen LogP) is 3.14. The summed E-state index contributed by atoms with van der Waals surface area (Å²) in [6.07, 6.45) is -0.503. The van der Waals surface area contributed by atoms with Crippen molar-refractivity contribution in [2.24, 2.45) is 0 Å². The van der Waals surface area contributed by atoms with Crippen LogP contribution in [-0.2, 0) is 9.47 Å². The molecule has 1 amide bonds. The van der Waals surface area contributed by atoms with Crippen LogP contribution in [0.3, 0.4) is 0 Å². The number of methoxy groups -OCH3 is 1. The van der Waals surface area contributed by atoms with Gasteiger partial charge in [0.15, 0.2) is 0 Å². The van der Waals surface area contributed by atoms with Crippen LogP contribution in [0.15, 0.2) is 18.2 Å². The van der Waals surface area contributed by atoms with E-state index in [4.69, 9.17) is 14.2 Å². The Morgan fingerprint density at radius 3 is 2.65 bits per heavy atom. The summed E-state index contributed by atoms with van der Waals surface area (Å²) in [6.45, 7) is 5.82. The molecule has 0 aliphatic carbocycles. The van der Waals surface area contributed by atoms with Gasteiger partial charge in [-0.2, -0.15) is 0 Å². The second-order valence-electron chi connectivity index (χ2n) is 7.12. The standard InChI is InChI=1S/C17H23FN2O6/c1-17(2,3)26-16(21)19-9-15(8-13(19)10-24-4)25-14-6-11(18)5-12(7-14)20(22)23/h5-7,13,15H,8-10H2,1-4H3. The lowest BCUT2D eigenvalue weighted by Crippen LogP contribution is -2.42. The molecule has 0 radical (unpaired) electrons. The van der Waals surface area contributed by atoms with Crippen molar-refractivity contribution in [1.82, 2.24) is 4.90 Å². The van der Waals surface area contributed by atoms with Crippen molar-refractivity contribution in [1.29, 1.82) is 0 Å². The first-order valence-electron chi connectivity index (χ1n) is 8.19. The highest BCUT2D eigenvalue weighted by atomic mass is 19.1. The third kappa shape index (κ3) is 5.29. The SMILES string of the molecule is COCC1CC(Oc2cc(F)cc([N+](=O)[O-])c2)CN1C(=O)OC(C)(C)C. The molecular weight excluding hydrogens is 347 g/mol. The van der Waals surface area contributed by atoms with E-state index in [2.05, 4.69) is 0 Å². The van der Waals surface area contributed by atoms with Crippen molar-refractivity contribution < 1.29 is 28.3 Å². The second-order valence-corrected chi connectivity index (χ2v) is 7.12. The normalized spacial score (nSPS) is 20.1. The van der Waals surface area contributed by atoms with Gasteiger partial charge < -0.3 is 14.2 Å². The average Bonchev–Trinajstić information content (AvgIpc) is 2.88. The van der Waals surface area contributed by atoms with E-state index >= 15 is 0 Å². The number of carbonyl (C=O) groups excluding carboxylic acids is 1. The number of benzene rings is 1. The van der Waals surface area contributed by atoms with E-state index in [9.17, 15) is 19.3 Å². The average molecular weight is 370 g/mol. The molecule has 0 N–H and O–H groups in total. The monoisotopic (exact) mass is 370 g/mol. The van der Waals surface area contributed by atoms with Crippen molar-refractivity contribution in [2.45, 2.75) is 44.9 Å². The predicted molar refractivity (Wildman–Crippen MR) is 90.7 cm³/mol. The molecule has 2 rings (SSSR count). The quantitative estimate of drug-likeness (QED) is 0.584. The van der Waals surface area contributed by atoms with E-state index < -0.39 is 34.2 Å². The first kappa shape index (κ1) is 19.9. The summed E-state index contributed by atoms with van der Waals surface area (Å²) in [5, 5.41) is 10.9. The molecule has 1 fully saturated rings. The van der Waals surface area contributed by atoms with Crippen LogP contribution in [-0.4, -0.2) is 53.9 Å². The number of hydrogen-bond donors (Lipinski definition) is 0. The van der Waals surface area contributed by atoms with Gasteiger partial charge in [-0.3, -0.25) is 15.0 Å². The molecule has 9 heteroatoms. The number of hydrogen-bond acceptors (Lipinski definition) is 6. The fraction of sp³-hybridized carbons (Fsp3) is 0.588. The lowest BCUT2D eigenvalue weighted by Gasteiger charge is -2.28. The highest BCUT2D eigenvalue weighted by Gasteiger charge is 2.38. The highest BCUT2D eigenvalue weighted by Crippen LogP contribution is 2.28. The zero-order chi connectivity index (χ0) is 19.5. The summed E-state index contributed by atoms with van der Waals surface area (Å²) < 4.78 is 29.8. The van der Waals surface area contributed by atoms with E-state index in [1.807, 2.05) is 0 Å². The van der Waals surface area contributed by atoms with Gasteiger partial charge in [0.05, 0.1) is 36.2 Å². The Morgan fingerprint density at radius 1 is 1.38 bits per heavy atom. The Balaban J connectivity index is 2.12. The Hall–Kier alpha value is -2.42. The van der Waals surface area contributed by atoms with E-state index in [0.29, 0.717) is 13.0 Å². The van der Waals surface area contributed by atoms with Gasteiger partial charge in [-0.1, -0.05) is 0 Å². The van der Waals surface area contributed by atoms with Crippen LogP contribution in [0.1, 0.15) is 27.2 Å². The van der Waals surface area contributed by atoms with Gasteiger partial charge in [0, 0.05) is 19.6 Å². The van der Waals surface area contributed by atoms with Crippen molar-refractivity contribution >= 4 is 11.8 Å². The zero-order valence-electron chi connectivity index (χ0n) is 15.2. The van der Waals surface area contributed by atoms with E-state index in [1.165, 1.54) is 12.0 Å². The minimum absolute atomic E-state index is 0.0453. The molecule has 1 aromatic carbocycles. The van der Waals surface area contributed by atoms with Crippen LogP contribution in [0, 0.1) is 15.9 Å². The Labute approximate surface area is 151 Å². The van der Waals surface area contributed by atoms with Crippen molar-refractivity contribution in [3.63, 3.8) is 0 Å². The number of carbonyl (C=O) groups is 1. The number of nitrogens with zero attached hydrogens (tertiary/aromatic N) is 2. The maximum atomic E-state index is 13.6. The molecule has 144 valence electrons. The molecular formula is C17H23FN2O6. The van der Waals surface area contributed by atoms with Crippen LogP contribution in [0.2, 0.25) is 0 Å². The van der Waals surface area contributed by atoms with Crippen LogP contribution < -0.4 is 4.74 Å². The molecule has 0 aromatic heterocycles. The Morgan fingerprint density at radius 2 is 2.08 bits per heavy atom. The summed E-state index contributed by atoms with van der Waals surface area (Å²) in [4.78, 5) is 24.1. The molecule has 2 atom stereocenters. The summed E-state index contributed by atoms with van der Waals surface area (Å²) in [6, 6.07) is 2.80. The van der Waals surface area contributed by atoms with Crippen LogP contribution in [0.4, 0.5) is 14.9 Å². The number of non-ortho nitro benzene ring substituents is 1. The number of ether oxygens (including phenoxy) is 3. The number of rotatable bonds is 5. The first-order valence-corrected chi connectivity index (χ1v) is 8.19. The molecule has 0 spiro atoms. The third-order valence-corrected chi connectivity index (χ3v) is 3.73. The first-order chi connectivity index (χ1) is 12.1. The summed E-state index contributed by atoms with van der Waals surface area (Å²) in [5.41, 5.74) is -1.04. The van der Waals surface area contributed by atoms with Gasteiger partial charge in [0.2, 0.25) is 0 Å². The van der Waals surface area contributed by atoms with E-state index in [0.717, 1.165) is 18.2 Å². The Bertz CT molecular complexity index is 676. The van der Waals surface area contributed by atoms with E-state index in [-0.39, 0.29) is 18.3 Å². The molecule has 1 heterocycles. The van der Waals surface area contributed by atoms with Crippen molar-refractivity contribution in [2.75, 3.05) is 20.3 Å². The third-order valence-electron chi connectivity index (χ3n) is 3.73. The lowest BCUT2D eigenvalue weighted by atomic mass is 10.2. The summed E-state index contributed by atoms with van der Waals surface area (Å²) in [5.74, 6) is -0.714. The highest BCUT2D eigenvalue weighted by molar-refractivity contribution is 5.69. The van der Waals surface area contributed by atoms with Crippen LogP contribution in [0.5, 0.6) is 5.75 Å². The van der Waals surface area contributed by atoms with Gasteiger partial charge >= 0.3 is 6.09 Å². The molecule has 0 bridgehead atoms. The van der Waals surface area contributed by atoms with Gasteiger partial charge in [0.1, 0.15) is 23.3 Å². The number of nitro groups is 1. The maximum absolute atomic E-state index is 13.6. The fourth-order valence-corrected chi connectivity index (χ4v) is 2.77. The molecule has 1 aromatic rings. The summed E-state index contributed by atoms with van der Waals surface area (Å²) >= 11 is 0. The van der Waals surface area contributed by atoms with E-state index in [1.54, 1.807) is 20.8 Å². The lowest BCUT2D eigenvalue weighted by molar-refractivity contribution is -0.385. The number of halogens is 1. The molecule has 8 nitrogen and oxygen atoms in total. The topological polar surface area (TPSA) is 91.1 Å². The van der Waals surface area contributed by atoms with Gasteiger partial charge in [-0.25, -0.2) is 9.18 Å².